The molecule has 0 bridgehead atoms. The fourth-order valence-electron chi connectivity index (χ4n) is 2.31. The molecule has 1 aliphatic carbocycles. The van der Waals surface area contributed by atoms with E-state index in [4.69, 9.17) is 0 Å². The average molecular weight is 308 g/mol. The van der Waals surface area contributed by atoms with Gasteiger partial charge in [0.25, 0.3) is 5.91 Å². The Balaban J connectivity index is 1.83. The van der Waals surface area contributed by atoms with E-state index in [0.29, 0.717) is 12.1 Å². The normalized spacial score (nSPS) is 16.9. The molecular weight excluding hydrogens is 294 g/mol. The van der Waals surface area contributed by atoms with Crippen molar-refractivity contribution >= 4 is 11.7 Å². The number of aromatic nitrogens is 3. The number of hydrogen-bond acceptors (Lipinski definition) is 4. The van der Waals surface area contributed by atoms with Gasteiger partial charge in [0.05, 0.1) is 11.9 Å². The first-order chi connectivity index (χ1) is 10.4. The van der Waals surface area contributed by atoms with Crippen molar-refractivity contribution in [3.05, 3.63) is 36.5 Å². The van der Waals surface area contributed by atoms with Crippen LogP contribution < -0.4 is 5.32 Å². The molecule has 0 saturated heterocycles. The van der Waals surface area contributed by atoms with Crippen molar-refractivity contribution in [1.29, 1.82) is 0 Å². The van der Waals surface area contributed by atoms with Crippen molar-refractivity contribution in [1.82, 2.24) is 15.0 Å². The minimum absolute atomic E-state index is 0.0128. The fourth-order valence-corrected chi connectivity index (χ4v) is 2.31. The monoisotopic (exact) mass is 308 g/mol. The van der Waals surface area contributed by atoms with Crippen LogP contribution in [0.25, 0.3) is 5.69 Å². The molecule has 6 nitrogen and oxygen atoms in total. The van der Waals surface area contributed by atoms with Gasteiger partial charge in [0.15, 0.2) is 5.82 Å². The smallest absolute Gasteiger partial charge is 0.352 e. The lowest BCUT2D eigenvalue weighted by Gasteiger charge is -2.41. The van der Waals surface area contributed by atoms with Crippen molar-refractivity contribution in [2.75, 3.05) is 5.32 Å². The predicted octanol–water partition coefficient (Wildman–Crippen LogP) is 1.76. The number of anilines is 1. The largest absolute Gasteiger partial charge is 0.383 e. The van der Waals surface area contributed by atoms with Gasteiger partial charge in [0.2, 0.25) is 0 Å². The number of carbonyl (C=O) groups excluding carboxylic acids is 1. The van der Waals surface area contributed by atoms with Gasteiger partial charge in [-0.15, -0.1) is 5.10 Å². The van der Waals surface area contributed by atoms with Crippen LogP contribution in [0.1, 0.15) is 19.3 Å². The first kappa shape index (κ1) is 14.6. The van der Waals surface area contributed by atoms with Crippen LogP contribution in [0.5, 0.6) is 0 Å². The summed E-state index contributed by atoms with van der Waals surface area (Å²) >= 11 is 0. The highest BCUT2D eigenvalue weighted by Gasteiger charge is 2.61. The maximum absolute atomic E-state index is 14.1. The number of nitrogens with one attached hydrogen (secondary N) is 1. The molecule has 116 valence electrons. The lowest BCUT2D eigenvalue weighted by Crippen LogP contribution is -2.59. The van der Waals surface area contributed by atoms with Gasteiger partial charge in [0, 0.05) is 0 Å². The number of nitrogens with zero attached hydrogens (tertiary/aromatic N) is 3. The molecule has 0 atom stereocenters. The molecule has 2 aromatic rings. The second-order valence-corrected chi connectivity index (χ2v) is 5.28. The van der Waals surface area contributed by atoms with Gasteiger partial charge < -0.3 is 10.4 Å². The highest BCUT2D eigenvalue weighted by atomic mass is 19.3. The van der Waals surface area contributed by atoms with Crippen molar-refractivity contribution in [2.45, 2.75) is 30.8 Å². The van der Waals surface area contributed by atoms with E-state index < -0.39 is 17.4 Å². The molecule has 0 unspecified atom stereocenters. The summed E-state index contributed by atoms with van der Waals surface area (Å²) in [5.74, 6) is -5.41. The van der Waals surface area contributed by atoms with Gasteiger partial charge in [-0.1, -0.05) is 23.4 Å². The van der Waals surface area contributed by atoms with Crippen LogP contribution in [-0.2, 0) is 4.79 Å². The minimum atomic E-state index is -3.86. The topological polar surface area (TPSA) is 80.0 Å². The molecule has 1 heterocycles. The molecule has 2 N–H and O–H groups in total. The molecular formula is C14H14F2N4O2. The van der Waals surface area contributed by atoms with Gasteiger partial charge >= 0.3 is 5.92 Å². The maximum atomic E-state index is 14.1. The van der Waals surface area contributed by atoms with E-state index in [1.165, 1.54) is 10.9 Å². The fraction of sp³-hybridized carbons (Fsp3) is 0.357. The summed E-state index contributed by atoms with van der Waals surface area (Å²) in [6.07, 6.45) is 1.46. The van der Waals surface area contributed by atoms with Crippen LogP contribution in [0.2, 0.25) is 0 Å². The van der Waals surface area contributed by atoms with Crippen LogP contribution in [-0.4, -0.2) is 37.5 Å². The Morgan fingerprint density at radius 2 is 2.00 bits per heavy atom. The standard InChI is InChI=1S/C14H14F2N4O2/c15-14(16,13(22)7-4-8-13)12(21)18-11-9-17-19-20(11)10-5-2-1-3-6-10/h1-3,5-6,9,22H,4,7-8H2,(H,18,21). The molecule has 1 fully saturated rings. The van der Waals surface area contributed by atoms with Crippen molar-refractivity contribution in [2.24, 2.45) is 0 Å². The molecule has 1 aromatic carbocycles. The third kappa shape index (κ3) is 2.25. The molecule has 0 spiro atoms. The van der Waals surface area contributed by atoms with Crippen LogP contribution in [0.3, 0.4) is 0 Å². The number of hydrogen-bond donors (Lipinski definition) is 2. The van der Waals surface area contributed by atoms with Gasteiger partial charge in [-0.2, -0.15) is 13.5 Å². The number of rotatable bonds is 4. The molecule has 1 saturated carbocycles. The van der Waals surface area contributed by atoms with E-state index in [0.717, 1.165) is 0 Å². The van der Waals surface area contributed by atoms with Crippen LogP contribution in [0.4, 0.5) is 14.6 Å². The molecule has 8 heteroatoms. The summed E-state index contributed by atoms with van der Waals surface area (Å²) in [6.45, 7) is 0. The zero-order chi connectivity index (χ0) is 15.8. The van der Waals surface area contributed by atoms with Crippen LogP contribution >= 0.6 is 0 Å². The summed E-state index contributed by atoms with van der Waals surface area (Å²) in [6, 6.07) is 8.67. The van der Waals surface area contributed by atoms with Gasteiger partial charge in [0.1, 0.15) is 5.60 Å². The first-order valence-corrected chi connectivity index (χ1v) is 6.82. The number of halogens is 2. The van der Waals surface area contributed by atoms with Gasteiger partial charge in [-0.25, -0.2) is 0 Å². The Hall–Kier alpha value is -2.35. The van der Waals surface area contributed by atoms with Crippen LogP contribution in [0.15, 0.2) is 36.5 Å². The number of amides is 1. The number of para-hydroxylation sites is 1. The predicted molar refractivity (Wildman–Crippen MR) is 73.7 cm³/mol. The summed E-state index contributed by atoms with van der Waals surface area (Å²) in [4.78, 5) is 11.9. The molecule has 3 rings (SSSR count). The minimum Gasteiger partial charge on any atom is -0.383 e. The van der Waals surface area contributed by atoms with Crippen molar-refractivity contribution in [3.8, 4) is 5.69 Å². The quantitative estimate of drug-likeness (QED) is 0.902. The molecule has 1 aromatic heterocycles. The highest BCUT2D eigenvalue weighted by Crippen LogP contribution is 2.44. The zero-order valence-corrected chi connectivity index (χ0v) is 11.5. The Morgan fingerprint density at radius 1 is 1.32 bits per heavy atom. The Labute approximate surface area is 124 Å². The Morgan fingerprint density at radius 3 is 2.59 bits per heavy atom. The Bertz CT molecular complexity index is 683. The van der Waals surface area contributed by atoms with Crippen molar-refractivity contribution < 1.29 is 18.7 Å². The van der Waals surface area contributed by atoms with Crippen LogP contribution in [0, 0.1) is 0 Å². The van der Waals surface area contributed by atoms with Gasteiger partial charge in [-0.05, 0) is 31.4 Å². The zero-order valence-electron chi connectivity index (χ0n) is 11.5. The maximum Gasteiger partial charge on any atom is 0.352 e. The first-order valence-electron chi connectivity index (χ1n) is 6.82. The van der Waals surface area contributed by atoms with E-state index in [2.05, 4.69) is 15.6 Å². The molecule has 1 amide bonds. The third-order valence-corrected chi connectivity index (χ3v) is 3.84. The molecule has 1 aliphatic rings. The Kier molecular flexibility index (Phi) is 3.40. The lowest BCUT2D eigenvalue weighted by molar-refractivity contribution is -0.212. The van der Waals surface area contributed by atoms with E-state index in [1.54, 1.807) is 30.3 Å². The van der Waals surface area contributed by atoms with Gasteiger partial charge in [-0.3, -0.25) is 4.79 Å². The highest BCUT2D eigenvalue weighted by molar-refractivity contribution is 5.96. The average Bonchev–Trinajstić information content (AvgIpc) is 2.93. The SMILES string of the molecule is O=C(Nc1cnnn1-c1ccccc1)C(F)(F)C1(O)CCC1. The van der Waals surface area contributed by atoms with Crippen molar-refractivity contribution in [3.63, 3.8) is 0 Å². The third-order valence-electron chi connectivity index (χ3n) is 3.84. The van der Waals surface area contributed by atoms with E-state index in [9.17, 15) is 18.7 Å². The number of benzene rings is 1. The van der Waals surface area contributed by atoms with E-state index in [-0.39, 0.29) is 18.7 Å². The second kappa shape index (κ2) is 5.13. The summed E-state index contributed by atoms with van der Waals surface area (Å²) in [5.41, 5.74) is -1.69. The lowest BCUT2D eigenvalue weighted by atomic mass is 9.75. The summed E-state index contributed by atoms with van der Waals surface area (Å²) in [7, 11) is 0. The summed E-state index contributed by atoms with van der Waals surface area (Å²) in [5, 5.41) is 19.3. The number of carbonyl (C=O) groups is 1. The summed E-state index contributed by atoms with van der Waals surface area (Å²) < 4.78 is 29.4. The number of aliphatic hydroxyl groups is 1. The number of alkyl halides is 2. The van der Waals surface area contributed by atoms with E-state index >= 15 is 0 Å². The molecule has 0 aliphatic heterocycles. The second-order valence-electron chi connectivity index (χ2n) is 5.28. The van der Waals surface area contributed by atoms with E-state index in [1.807, 2.05) is 0 Å². The molecule has 22 heavy (non-hydrogen) atoms. The molecule has 0 radical (unpaired) electrons.